The summed E-state index contributed by atoms with van der Waals surface area (Å²) in [6.07, 6.45) is 2.47. The Labute approximate surface area is 154 Å². The number of pyridine rings is 1. The largest absolute Gasteiger partial charge is 0.354 e. The monoisotopic (exact) mass is 367 g/mol. The van der Waals surface area contributed by atoms with Gasteiger partial charge in [0, 0.05) is 5.69 Å². The molecule has 3 rings (SSSR count). The van der Waals surface area contributed by atoms with Crippen molar-refractivity contribution in [2.75, 3.05) is 10.0 Å². The van der Waals surface area contributed by atoms with E-state index in [1.165, 1.54) is 0 Å². The SMILES string of the molecule is CCc1ccc(S(=O)(=O)Nc2ccc(Nc3ccccc3C)cn2)cc1. The lowest BCUT2D eigenvalue weighted by Crippen LogP contribution is -2.13. The molecule has 0 atom stereocenters. The highest BCUT2D eigenvalue weighted by Crippen LogP contribution is 2.21. The predicted octanol–water partition coefficient (Wildman–Crippen LogP) is 4.50. The third kappa shape index (κ3) is 4.21. The first-order valence-electron chi connectivity index (χ1n) is 8.38. The first kappa shape index (κ1) is 17.9. The molecule has 0 amide bonds. The van der Waals surface area contributed by atoms with Gasteiger partial charge in [-0.3, -0.25) is 4.72 Å². The number of rotatable bonds is 6. The fourth-order valence-electron chi connectivity index (χ4n) is 2.50. The second-order valence-electron chi connectivity index (χ2n) is 5.98. The van der Waals surface area contributed by atoms with Crippen LogP contribution < -0.4 is 10.0 Å². The highest BCUT2D eigenvalue weighted by molar-refractivity contribution is 7.92. The number of para-hydroxylation sites is 1. The van der Waals surface area contributed by atoms with Crippen molar-refractivity contribution in [3.63, 3.8) is 0 Å². The standard InChI is InChI=1S/C20H21N3O2S/c1-3-16-8-11-18(12-9-16)26(24,25)23-20-13-10-17(14-21-20)22-19-7-5-4-6-15(19)2/h4-14,22H,3H2,1-2H3,(H,21,23). The Morgan fingerprint density at radius 2 is 1.69 bits per heavy atom. The number of aromatic nitrogens is 1. The molecule has 6 heteroatoms. The van der Waals surface area contributed by atoms with Gasteiger partial charge in [0.05, 0.1) is 16.8 Å². The lowest BCUT2D eigenvalue weighted by atomic mass is 10.2. The van der Waals surface area contributed by atoms with Gasteiger partial charge in [0.15, 0.2) is 0 Å². The summed E-state index contributed by atoms with van der Waals surface area (Å²) in [7, 11) is -3.65. The van der Waals surface area contributed by atoms with E-state index in [1.807, 2.05) is 50.2 Å². The van der Waals surface area contributed by atoms with Crippen molar-refractivity contribution in [1.29, 1.82) is 0 Å². The van der Waals surface area contributed by atoms with Crippen LogP contribution in [0, 0.1) is 6.92 Å². The van der Waals surface area contributed by atoms with Gasteiger partial charge in [0.25, 0.3) is 10.0 Å². The Hall–Kier alpha value is -2.86. The Kier molecular flexibility index (Phi) is 5.23. The van der Waals surface area contributed by atoms with Crippen LogP contribution in [-0.2, 0) is 16.4 Å². The summed E-state index contributed by atoms with van der Waals surface area (Å²) in [5.41, 5.74) is 3.98. The third-order valence-electron chi connectivity index (χ3n) is 4.07. The fraction of sp³-hybridized carbons (Fsp3) is 0.150. The zero-order valence-electron chi connectivity index (χ0n) is 14.7. The second-order valence-corrected chi connectivity index (χ2v) is 7.66. The van der Waals surface area contributed by atoms with Crippen molar-refractivity contribution in [2.45, 2.75) is 25.2 Å². The minimum absolute atomic E-state index is 0.221. The van der Waals surface area contributed by atoms with E-state index in [0.717, 1.165) is 28.9 Å². The van der Waals surface area contributed by atoms with E-state index in [2.05, 4.69) is 15.0 Å². The molecule has 26 heavy (non-hydrogen) atoms. The summed E-state index contributed by atoms with van der Waals surface area (Å²) in [4.78, 5) is 4.42. The van der Waals surface area contributed by atoms with E-state index < -0.39 is 10.0 Å². The molecule has 0 radical (unpaired) electrons. The molecule has 0 saturated heterocycles. The Morgan fingerprint density at radius 3 is 2.31 bits per heavy atom. The zero-order valence-corrected chi connectivity index (χ0v) is 15.5. The molecule has 2 aromatic carbocycles. The number of nitrogens with one attached hydrogen (secondary N) is 2. The van der Waals surface area contributed by atoms with Crippen molar-refractivity contribution in [3.8, 4) is 0 Å². The maximum Gasteiger partial charge on any atom is 0.263 e. The smallest absolute Gasteiger partial charge is 0.263 e. The number of aryl methyl sites for hydroxylation is 2. The molecule has 0 aliphatic carbocycles. The van der Waals surface area contributed by atoms with Gasteiger partial charge in [-0.1, -0.05) is 37.3 Å². The summed E-state index contributed by atoms with van der Waals surface area (Å²) in [5.74, 6) is 0.278. The normalized spacial score (nSPS) is 11.2. The van der Waals surface area contributed by atoms with E-state index in [-0.39, 0.29) is 10.7 Å². The molecule has 5 nitrogen and oxygen atoms in total. The number of sulfonamides is 1. The predicted molar refractivity (Wildman–Crippen MR) is 105 cm³/mol. The van der Waals surface area contributed by atoms with Gasteiger partial charge >= 0.3 is 0 Å². The molecule has 0 fully saturated rings. The van der Waals surface area contributed by atoms with Gasteiger partial charge in [-0.25, -0.2) is 13.4 Å². The van der Waals surface area contributed by atoms with Gasteiger partial charge in [0.1, 0.15) is 5.82 Å². The van der Waals surface area contributed by atoms with E-state index in [9.17, 15) is 8.42 Å². The van der Waals surface area contributed by atoms with Crippen LogP contribution in [0.25, 0.3) is 0 Å². The maximum absolute atomic E-state index is 12.5. The number of hydrogen-bond donors (Lipinski definition) is 2. The average Bonchev–Trinajstić information content (AvgIpc) is 2.65. The molecule has 0 spiro atoms. The quantitative estimate of drug-likeness (QED) is 0.673. The molecule has 0 bridgehead atoms. The molecule has 0 unspecified atom stereocenters. The third-order valence-corrected chi connectivity index (χ3v) is 5.44. The van der Waals surface area contributed by atoms with Crippen LogP contribution in [-0.4, -0.2) is 13.4 Å². The van der Waals surface area contributed by atoms with Crippen molar-refractivity contribution < 1.29 is 8.42 Å². The number of benzene rings is 2. The van der Waals surface area contributed by atoms with Crippen molar-refractivity contribution in [1.82, 2.24) is 4.98 Å². The summed E-state index contributed by atoms with van der Waals surface area (Å²) in [6, 6.07) is 18.2. The summed E-state index contributed by atoms with van der Waals surface area (Å²) < 4.78 is 27.4. The molecule has 1 aromatic heterocycles. The molecule has 134 valence electrons. The van der Waals surface area contributed by atoms with Crippen LogP contribution in [0.2, 0.25) is 0 Å². The van der Waals surface area contributed by atoms with Crippen molar-refractivity contribution in [3.05, 3.63) is 78.0 Å². The minimum Gasteiger partial charge on any atom is -0.354 e. The molecular formula is C20H21N3O2S. The first-order valence-corrected chi connectivity index (χ1v) is 9.87. The summed E-state index contributed by atoms with van der Waals surface area (Å²) in [6.45, 7) is 4.04. The molecule has 0 aliphatic heterocycles. The van der Waals surface area contributed by atoms with Crippen LogP contribution in [0.5, 0.6) is 0 Å². The van der Waals surface area contributed by atoms with Crippen LogP contribution >= 0.6 is 0 Å². The molecule has 0 saturated carbocycles. The summed E-state index contributed by atoms with van der Waals surface area (Å²) >= 11 is 0. The number of anilines is 3. The van der Waals surface area contributed by atoms with Crippen LogP contribution in [0.4, 0.5) is 17.2 Å². The molecule has 2 N–H and O–H groups in total. The molecular weight excluding hydrogens is 346 g/mol. The van der Waals surface area contributed by atoms with E-state index >= 15 is 0 Å². The second kappa shape index (κ2) is 7.58. The van der Waals surface area contributed by atoms with E-state index in [0.29, 0.717) is 0 Å². The lowest BCUT2D eigenvalue weighted by Gasteiger charge is -2.11. The fourth-order valence-corrected chi connectivity index (χ4v) is 3.51. The van der Waals surface area contributed by atoms with Crippen LogP contribution in [0.1, 0.15) is 18.1 Å². The van der Waals surface area contributed by atoms with E-state index in [1.54, 1.807) is 30.5 Å². The Bertz CT molecular complexity index is 982. The maximum atomic E-state index is 12.5. The van der Waals surface area contributed by atoms with Crippen molar-refractivity contribution >= 4 is 27.2 Å². The first-order chi connectivity index (χ1) is 12.5. The number of hydrogen-bond acceptors (Lipinski definition) is 4. The molecule has 0 aliphatic rings. The van der Waals surface area contributed by atoms with Crippen molar-refractivity contribution in [2.24, 2.45) is 0 Å². The van der Waals surface area contributed by atoms with Gasteiger partial charge in [-0.2, -0.15) is 0 Å². The van der Waals surface area contributed by atoms with E-state index in [4.69, 9.17) is 0 Å². The minimum atomic E-state index is -3.65. The van der Waals surface area contributed by atoms with Gasteiger partial charge in [-0.05, 0) is 54.8 Å². The molecule has 3 aromatic rings. The lowest BCUT2D eigenvalue weighted by molar-refractivity contribution is 0.601. The zero-order chi connectivity index (χ0) is 18.6. The Morgan fingerprint density at radius 1 is 0.962 bits per heavy atom. The summed E-state index contributed by atoms with van der Waals surface area (Å²) in [5, 5.41) is 3.27. The molecule has 1 heterocycles. The topological polar surface area (TPSA) is 71.1 Å². The highest BCUT2D eigenvalue weighted by Gasteiger charge is 2.14. The average molecular weight is 367 g/mol. The van der Waals surface area contributed by atoms with Crippen LogP contribution in [0.15, 0.2) is 71.8 Å². The van der Waals surface area contributed by atoms with Gasteiger partial charge in [0.2, 0.25) is 0 Å². The van der Waals surface area contributed by atoms with Crippen LogP contribution in [0.3, 0.4) is 0 Å². The number of nitrogens with zero attached hydrogens (tertiary/aromatic N) is 1. The highest BCUT2D eigenvalue weighted by atomic mass is 32.2. The van der Waals surface area contributed by atoms with Gasteiger partial charge in [-0.15, -0.1) is 0 Å². The Balaban J connectivity index is 1.73. The van der Waals surface area contributed by atoms with Gasteiger partial charge < -0.3 is 5.32 Å².